The Morgan fingerprint density at radius 2 is 1.96 bits per heavy atom. The van der Waals surface area contributed by atoms with Crippen molar-refractivity contribution in [1.82, 2.24) is 15.4 Å². The molecule has 2 N–H and O–H groups in total. The smallest absolute Gasteiger partial charge is 0.278 e. The van der Waals surface area contributed by atoms with Crippen LogP contribution in [0.5, 0.6) is 0 Å². The van der Waals surface area contributed by atoms with E-state index in [0.717, 1.165) is 11.1 Å². The molecule has 2 aromatic heterocycles. The van der Waals surface area contributed by atoms with Gasteiger partial charge in [-0.2, -0.15) is 0 Å². The molecule has 0 fully saturated rings. The maximum atomic E-state index is 12.2. The lowest BCUT2D eigenvalue weighted by Gasteiger charge is -2.08. The highest BCUT2D eigenvalue weighted by atomic mass is 35.5. The summed E-state index contributed by atoms with van der Waals surface area (Å²) < 4.78 is 5.05. The van der Waals surface area contributed by atoms with E-state index < -0.39 is 5.91 Å². The first-order chi connectivity index (χ1) is 12.5. The number of aryl methyl sites for hydroxylation is 1. The lowest BCUT2D eigenvalue weighted by molar-refractivity contribution is 0.101. The number of carbonyl (C=O) groups excluding carboxylic acids is 1. The first-order valence-corrected chi connectivity index (χ1v) is 8.46. The van der Waals surface area contributed by atoms with Gasteiger partial charge in [0, 0.05) is 12.1 Å². The van der Waals surface area contributed by atoms with Gasteiger partial charge in [-0.15, -0.1) is 10.2 Å². The SMILES string of the molecule is Cc1noc(NC(=O)c2ccc(NCc3cccc(Cl)c3Cl)nn2)c1C. The molecule has 0 aliphatic heterocycles. The molecule has 0 bridgehead atoms. The topological polar surface area (TPSA) is 92.9 Å². The minimum Gasteiger partial charge on any atom is -0.364 e. The van der Waals surface area contributed by atoms with E-state index in [1.165, 1.54) is 0 Å². The molecule has 0 radical (unpaired) electrons. The molecular weight excluding hydrogens is 377 g/mol. The van der Waals surface area contributed by atoms with Crippen LogP contribution < -0.4 is 10.6 Å². The van der Waals surface area contributed by atoms with Gasteiger partial charge < -0.3 is 9.84 Å². The Hall–Kier alpha value is -2.64. The van der Waals surface area contributed by atoms with Gasteiger partial charge in [0.05, 0.1) is 15.7 Å². The molecule has 2 heterocycles. The summed E-state index contributed by atoms with van der Waals surface area (Å²) in [5.41, 5.74) is 2.47. The third-order valence-corrected chi connectivity index (χ3v) is 4.63. The summed E-state index contributed by atoms with van der Waals surface area (Å²) >= 11 is 12.1. The van der Waals surface area contributed by atoms with Crippen LogP contribution in [0.2, 0.25) is 10.0 Å². The molecule has 1 amide bonds. The van der Waals surface area contributed by atoms with Gasteiger partial charge in [-0.1, -0.05) is 40.5 Å². The van der Waals surface area contributed by atoms with Crippen LogP contribution in [0.4, 0.5) is 11.7 Å². The van der Waals surface area contributed by atoms with Crippen LogP contribution in [-0.4, -0.2) is 21.3 Å². The van der Waals surface area contributed by atoms with Crippen molar-refractivity contribution in [2.75, 3.05) is 10.6 Å². The molecule has 9 heteroatoms. The summed E-state index contributed by atoms with van der Waals surface area (Å²) in [5, 5.41) is 18.4. The number of nitrogens with zero attached hydrogens (tertiary/aromatic N) is 3. The van der Waals surface area contributed by atoms with Gasteiger partial charge in [-0.3, -0.25) is 10.1 Å². The molecule has 0 unspecified atom stereocenters. The Morgan fingerprint density at radius 3 is 2.62 bits per heavy atom. The number of hydrogen-bond donors (Lipinski definition) is 2. The summed E-state index contributed by atoms with van der Waals surface area (Å²) in [6, 6.07) is 8.61. The highest BCUT2D eigenvalue weighted by molar-refractivity contribution is 6.42. The standard InChI is InChI=1S/C17H15Cl2N5O2/c1-9-10(2)24-26-17(9)21-16(25)13-6-7-14(23-22-13)20-8-11-4-3-5-12(18)15(11)19/h3-7H,8H2,1-2H3,(H,20,23)(H,21,25). The van der Waals surface area contributed by atoms with Crippen LogP contribution in [0.1, 0.15) is 27.3 Å². The molecule has 134 valence electrons. The number of nitrogens with one attached hydrogen (secondary N) is 2. The summed E-state index contributed by atoms with van der Waals surface area (Å²) in [6.07, 6.45) is 0. The zero-order valence-corrected chi connectivity index (χ0v) is 15.5. The van der Waals surface area contributed by atoms with Gasteiger partial charge in [-0.25, -0.2) is 0 Å². The van der Waals surface area contributed by atoms with Crippen molar-refractivity contribution >= 4 is 40.8 Å². The monoisotopic (exact) mass is 391 g/mol. The molecule has 1 aromatic carbocycles. The van der Waals surface area contributed by atoms with E-state index in [4.69, 9.17) is 27.7 Å². The minimum atomic E-state index is -0.429. The van der Waals surface area contributed by atoms with Crippen molar-refractivity contribution in [2.45, 2.75) is 20.4 Å². The van der Waals surface area contributed by atoms with Crippen LogP contribution in [-0.2, 0) is 6.54 Å². The zero-order chi connectivity index (χ0) is 18.7. The molecule has 0 saturated carbocycles. The molecule has 26 heavy (non-hydrogen) atoms. The number of hydrogen-bond acceptors (Lipinski definition) is 6. The van der Waals surface area contributed by atoms with Crippen molar-refractivity contribution in [3.63, 3.8) is 0 Å². The Bertz CT molecular complexity index is 941. The minimum absolute atomic E-state index is 0.157. The predicted molar refractivity (Wildman–Crippen MR) is 99.8 cm³/mol. The Balaban J connectivity index is 1.63. The van der Waals surface area contributed by atoms with E-state index in [1.54, 1.807) is 32.0 Å². The molecule has 0 saturated heterocycles. The number of halogens is 2. The molecule has 7 nitrogen and oxygen atoms in total. The van der Waals surface area contributed by atoms with Gasteiger partial charge in [0.2, 0.25) is 5.88 Å². The lowest BCUT2D eigenvalue weighted by atomic mass is 10.2. The lowest BCUT2D eigenvalue weighted by Crippen LogP contribution is -2.15. The van der Waals surface area contributed by atoms with Crippen LogP contribution in [0.15, 0.2) is 34.9 Å². The Labute approximate surface area is 159 Å². The van der Waals surface area contributed by atoms with Crippen LogP contribution in [0.3, 0.4) is 0 Å². The highest BCUT2D eigenvalue weighted by Gasteiger charge is 2.15. The fourth-order valence-electron chi connectivity index (χ4n) is 2.12. The van der Waals surface area contributed by atoms with E-state index >= 15 is 0 Å². The van der Waals surface area contributed by atoms with E-state index in [-0.39, 0.29) is 5.69 Å². The van der Waals surface area contributed by atoms with Crippen molar-refractivity contribution in [1.29, 1.82) is 0 Å². The maximum absolute atomic E-state index is 12.2. The second kappa shape index (κ2) is 7.72. The van der Waals surface area contributed by atoms with Crippen molar-refractivity contribution < 1.29 is 9.32 Å². The van der Waals surface area contributed by atoms with E-state index in [9.17, 15) is 4.79 Å². The Morgan fingerprint density at radius 1 is 1.15 bits per heavy atom. The molecular formula is C17H15Cl2N5O2. The number of rotatable bonds is 5. The molecule has 0 aliphatic rings. The molecule has 0 atom stereocenters. The van der Waals surface area contributed by atoms with Crippen LogP contribution >= 0.6 is 23.2 Å². The first kappa shape index (κ1) is 18.2. The summed E-state index contributed by atoms with van der Waals surface area (Å²) in [5.74, 6) is 0.373. The summed E-state index contributed by atoms with van der Waals surface area (Å²) in [6.45, 7) is 4.03. The quantitative estimate of drug-likeness (QED) is 0.674. The van der Waals surface area contributed by atoms with Gasteiger partial charge in [0.25, 0.3) is 5.91 Å². The molecule has 0 aliphatic carbocycles. The van der Waals surface area contributed by atoms with Crippen molar-refractivity contribution in [3.8, 4) is 0 Å². The zero-order valence-electron chi connectivity index (χ0n) is 14.0. The van der Waals surface area contributed by atoms with Gasteiger partial charge in [-0.05, 0) is 37.6 Å². The highest BCUT2D eigenvalue weighted by Crippen LogP contribution is 2.26. The molecule has 3 aromatic rings. The largest absolute Gasteiger partial charge is 0.364 e. The maximum Gasteiger partial charge on any atom is 0.278 e. The number of anilines is 2. The van der Waals surface area contributed by atoms with Gasteiger partial charge in [0.15, 0.2) is 5.69 Å². The van der Waals surface area contributed by atoms with Gasteiger partial charge >= 0.3 is 0 Å². The third kappa shape index (κ3) is 3.95. The van der Waals surface area contributed by atoms with E-state index in [1.807, 2.05) is 12.1 Å². The predicted octanol–water partition coefficient (Wildman–Crippen LogP) is 4.25. The summed E-state index contributed by atoms with van der Waals surface area (Å²) in [4.78, 5) is 12.2. The van der Waals surface area contributed by atoms with E-state index in [2.05, 4.69) is 26.0 Å². The summed E-state index contributed by atoms with van der Waals surface area (Å²) in [7, 11) is 0. The number of amides is 1. The average Bonchev–Trinajstić information content (AvgIpc) is 2.95. The number of benzene rings is 1. The van der Waals surface area contributed by atoms with Gasteiger partial charge in [0.1, 0.15) is 5.82 Å². The fourth-order valence-corrected chi connectivity index (χ4v) is 2.50. The molecule has 3 rings (SSSR count). The fraction of sp³-hybridized carbons (Fsp3) is 0.176. The Kier molecular flexibility index (Phi) is 5.39. The number of carbonyl (C=O) groups is 1. The van der Waals surface area contributed by atoms with Crippen LogP contribution in [0, 0.1) is 13.8 Å². The van der Waals surface area contributed by atoms with Crippen molar-refractivity contribution in [3.05, 3.63) is 62.9 Å². The van der Waals surface area contributed by atoms with E-state index in [0.29, 0.717) is 34.0 Å². The first-order valence-electron chi connectivity index (χ1n) is 7.70. The molecule has 0 spiro atoms. The third-order valence-electron chi connectivity index (χ3n) is 3.77. The van der Waals surface area contributed by atoms with Crippen LogP contribution in [0.25, 0.3) is 0 Å². The second-order valence-corrected chi connectivity index (χ2v) is 6.33. The normalized spacial score (nSPS) is 10.6. The second-order valence-electron chi connectivity index (χ2n) is 5.55. The average molecular weight is 392 g/mol. The number of aromatic nitrogens is 3. The van der Waals surface area contributed by atoms with Crippen molar-refractivity contribution in [2.24, 2.45) is 0 Å².